The van der Waals surface area contributed by atoms with Gasteiger partial charge in [-0.05, 0) is 81.1 Å². The minimum Gasteiger partial charge on any atom is -0.493 e. The highest BCUT2D eigenvalue weighted by Gasteiger charge is 2.34. The van der Waals surface area contributed by atoms with Crippen LogP contribution in [-0.4, -0.2) is 48.8 Å². The number of thioether (sulfide) groups is 1. The lowest BCUT2D eigenvalue weighted by Crippen LogP contribution is -2.32. The first-order valence-corrected chi connectivity index (χ1v) is 14.7. The Kier molecular flexibility index (Phi) is 9.36. The molecule has 1 aliphatic rings. The molecule has 1 heterocycles. The molecule has 1 aliphatic heterocycles. The van der Waals surface area contributed by atoms with Crippen molar-refractivity contribution in [2.45, 2.75) is 0 Å². The van der Waals surface area contributed by atoms with Crippen molar-refractivity contribution in [1.82, 2.24) is 4.90 Å². The van der Waals surface area contributed by atoms with E-state index in [1.807, 2.05) is 42.5 Å². The van der Waals surface area contributed by atoms with Crippen LogP contribution in [0.1, 0.15) is 5.56 Å². The van der Waals surface area contributed by atoms with Crippen LogP contribution >= 0.6 is 39.3 Å². The lowest BCUT2D eigenvalue weighted by Gasteiger charge is -2.14. The van der Waals surface area contributed by atoms with Gasteiger partial charge in [0.25, 0.3) is 17.1 Å². The van der Waals surface area contributed by atoms with Crippen molar-refractivity contribution >= 4 is 78.9 Å². The average molecular weight is 668 g/mol. The van der Waals surface area contributed by atoms with Crippen molar-refractivity contribution in [3.63, 3.8) is 0 Å². The second-order valence-electron chi connectivity index (χ2n) is 9.04. The van der Waals surface area contributed by atoms with E-state index in [0.717, 1.165) is 27.0 Å². The molecule has 0 radical (unpaired) electrons. The summed E-state index contributed by atoms with van der Waals surface area (Å²) < 4.78 is 17.7. The molecule has 0 aliphatic carbocycles. The van der Waals surface area contributed by atoms with Crippen molar-refractivity contribution in [2.24, 2.45) is 0 Å². The summed E-state index contributed by atoms with van der Waals surface area (Å²) in [6, 6.07) is 23.7. The Morgan fingerprint density at radius 3 is 2.60 bits per heavy atom. The van der Waals surface area contributed by atoms with Crippen LogP contribution in [0.3, 0.4) is 0 Å². The van der Waals surface area contributed by atoms with E-state index in [1.165, 1.54) is 12.0 Å². The number of rotatable bonds is 10. The summed E-state index contributed by atoms with van der Waals surface area (Å²) in [4.78, 5) is 39.4. The maximum atomic E-state index is 13.0. The van der Waals surface area contributed by atoms with Gasteiger partial charge in [0.1, 0.15) is 12.4 Å². The minimum absolute atomic E-state index is 0.121. The minimum atomic E-state index is -0.393. The van der Waals surface area contributed by atoms with Gasteiger partial charge in [0.15, 0.2) is 18.1 Å². The molecule has 42 heavy (non-hydrogen) atoms. The molecule has 8 nitrogen and oxygen atoms in total. The Bertz CT molecular complexity index is 1710. The Labute approximate surface area is 259 Å². The van der Waals surface area contributed by atoms with Gasteiger partial charge in [-0.2, -0.15) is 0 Å². The van der Waals surface area contributed by atoms with Crippen molar-refractivity contribution in [2.75, 3.05) is 32.2 Å². The average Bonchev–Trinajstić information content (AvgIpc) is 3.25. The number of halogens is 2. The van der Waals surface area contributed by atoms with Gasteiger partial charge < -0.3 is 19.5 Å². The maximum Gasteiger partial charge on any atom is 0.293 e. The maximum absolute atomic E-state index is 13.0. The molecule has 1 fully saturated rings. The monoisotopic (exact) mass is 666 g/mol. The largest absolute Gasteiger partial charge is 0.493 e. The molecule has 5 rings (SSSR count). The highest BCUT2D eigenvalue weighted by molar-refractivity contribution is 9.10. The number of anilines is 1. The van der Waals surface area contributed by atoms with Crippen molar-refractivity contribution in [3.8, 4) is 17.2 Å². The van der Waals surface area contributed by atoms with Crippen LogP contribution in [0.4, 0.5) is 10.5 Å². The molecule has 4 aromatic carbocycles. The molecule has 1 N–H and O–H groups in total. The highest BCUT2D eigenvalue weighted by atomic mass is 79.9. The zero-order chi connectivity index (χ0) is 29.6. The van der Waals surface area contributed by atoms with Gasteiger partial charge >= 0.3 is 0 Å². The standard InChI is InChI=1S/C31H24BrClN2O6S/c1-39-27-15-19(9-12-26(27)41-18-29(36)34-21-10-11-23(32)24(33)17-21)16-28-30(37)35(31(38)42-28)13-14-40-25-8-4-6-20-5-2-3-7-22(20)25/h2-12,15-17H,13-14,18H2,1H3,(H,34,36)/b28-16-. The fraction of sp³-hybridized carbons (Fsp3) is 0.129. The molecule has 0 unspecified atom stereocenters. The number of carbonyl (C=O) groups excluding carboxylic acids is 3. The molecule has 0 saturated carbocycles. The molecular formula is C31H24BrClN2O6S. The summed E-state index contributed by atoms with van der Waals surface area (Å²) in [5.74, 6) is 0.636. The number of hydrogen-bond acceptors (Lipinski definition) is 7. The van der Waals surface area contributed by atoms with Crippen molar-refractivity contribution in [3.05, 3.63) is 98.8 Å². The molecule has 0 atom stereocenters. The Morgan fingerprint density at radius 2 is 1.79 bits per heavy atom. The van der Waals surface area contributed by atoms with E-state index < -0.39 is 5.91 Å². The first kappa shape index (κ1) is 29.5. The number of ether oxygens (including phenoxy) is 3. The molecule has 0 aromatic heterocycles. The van der Waals surface area contributed by atoms with Crippen LogP contribution in [0.5, 0.6) is 17.2 Å². The molecule has 11 heteroatoms. The normalized spacial score (nSPS) is 14.0. The zero-order valence-corrected chi connectivity index (χ0v) is 25.4. The fourth-order valence-electron chi connectivity index (χ4n) is 4.22. The number of nitrogens with zero attached hydrogens (tertiary/aromatic N) is 1. The van der Waals surface area contributed by atoms with Crippen LogP contribution in [0, 0.1) is 0 Å². The Morgan fingerprint density at radius 1 is 0.976 bits per heavy atom. The van der Waals surface area contributed by atoms with Gasteiger partial charge in [-0.25, -0.2) is 0 Å². The first-order chi connectivity index (χ1) is 20.3. The van der Waals surface area contributed by atoms with Crippen LogP contribution in [-0.2, 0) is 9.59 Å². The molecular weight excluding hydrogens is 644 g/mol. The zero-order valence-electron chi connectivity index (χ0n) is 22.3. The van der Waals surface area contributed by atoms with E-state index in [9.17, 15) is 14.4 Å². The number of fused-ring (bicyclic) bond motifs is 1. The quantitative estimate of drug-likeness (QED) is 0.176. The molecule has 0 bridgehead atoms. The van der Waals surface area contributed by atoms with Gasteiger partial charge in [-0.3, -0.25) is 19.3 Å². The van der Waals surface area contributed by atoms with Gasteiger partial charge in [0.2, 0.25) is 0 Å². The molecule has 214 valence electrons. The van der Waals surface area contributed by atoms with E-state index in [1.54, 1.807) is 42.5 Å². The third-order valence-electron chi connectivity index (χ3n) is 6.24. The summed E-state index contributed by atoms with van der Waals surface area (Å²) in [6.45, 7) is 0.0284. The summed E-state index contributed by atoms with van der Waals surface area (Å²) in [5, 5.41) is 4.83. The Balaban J connectivity index is 1.19. The molecule has 3 amide bonds. The number of amides is 3. The lowest BCUT2D eigenvalue weighted by molar-refractivity contribution is -0.123. The second kappa shape index (κ2) is 13.3. The van der Waals surface area contributed by atoms with Crippen LogP contribution in [0.25, 0.3) is 16.8 Å². The second-order valence-corrected chi connectivity index (χ2v) is 11.3. The lowest BCUT2D eigenvalue weighted by atomic mass is 10.1. The number of hydrogen-bond donors (Lipinski definition) is 1. The topological polar surface area (TPSA) is 94.2 Å². The number of nitrogens with one attached hydrogen (secondary N) is 1. The fourth-order valence-corrected chi connectivity index (χ4v) is 5.51. The van der Waals surface area contributed by atoms with E-state index in [2.05, 4.69) is 21.2 Å². The number of benzene rings is 4. The van der Waals surface area contributed by atoms with E-state index in [-0.39, 0.29) is 35.8 Å². The molecule has 4 aromatic rings. The van der Waals surface area contributed by atoms with Crippen LogP contribution in [0.15, 0.2) is 88.2 Å². The predicted octanol–water partition coefficient (Wildman–Crippen LogP) is 7.40. The van der Waals surface area contributed by atoms with Crippen molar-refractivity contribution < 1.29 is 28.6 Å². The van der Waals surface area contributed by atoms with Gasteiger partial charge in [-0.15, -0.1) is 0 Å². The Hall–Kier alpha value is -3.99. The van der Waals surface area contributed by atoms with Gasteiger partial charge in [0, 0.05) is 15.5 Å². The van der Waals surface area contributed by atoms with Crippen LogP contribution < -0.4 is 19.5 Å². The third kappa shape index (κ3) is 6.89. The van der Waals surface area contributed by atoms with Gasteiger partial charge in [-0.1, -0.05) is 54.1 Å². The van der Waals surface area contributed by atoms with Crippen LogP contribution in [0.2, 0.25) is 5.02 Å². The van der Waals surface area contributed by atoms with E-state index >= 15 is 0 Å². The molecule has 0 spiro atoms. The van der Waals surface area contributed by atoms with E-state index in [4.69, 9.17) is 25.8 Å². The summed E-state index contributed by atoms with van der Waals surface area (Å²) in [6.07, 6.45) is 1.62. The first-order valence-electron chi connectivity index (χ1n) is 12.7. The van der Waals surface area contributed by atoms with Crippen molar-refractivity contribution in [1.29, 1.82) is 0 Å². The molecule has 1 saturated heterocycles. The summed E-state index contributed by atoms with van der Waals surface area (Å²) >= 11 is 10.2. The third-order valence-corrected chi connectivity index (χ3v) is 8.38. The summed E-state index contributed by atoms with van der Waals surface area (Å²) in [7, 11) is 1.47. The highest BCUT2D eigenvalue weighted by Crippen LogP contribution is 2.35. The van der Waals surface area contributed by atoms with E-state index in [0.29, 0.717) is 33.5 Å². The number of methoxy groups -OCH3 is 1. The van der Waals surface area contributed by atoms with Gasteiger partial charge in [0.05, 0.1) is 23.6 Å². The summed E-state index contributed by atoms with van der Waals surface area (Å²) in [5.41, 5.74) is 1.17. The smallest absolute Gasteiger partial charge is 0.293 e. The predicted molar refractivity (Wildman–Crippen MR) is 168 cm³/mol. The SMILES string of the molecule is COc1cc(/C=C2\SC(=O)N(CCOc3cccc4ccccc34)C2=O)ccc1OCC(=O)Nc1ccc(Br)c(Cl)c1. The number of imide groups is 1. The number of carbonyl (C=O) groups is 3.